The molecule has 25 heavy (non-hydrogen) atoms. The van der Waals surface area contributed by atoms with E-state index in [1.165, 1.54) is 0 Å². The molecule has 0 spiro atoms. The number of aryl methyl sites for hydroxylation is 6. The van der Waals surface area contributed by atoms with E-state index in [4.69, 9.17) is 15.3 Å². The second kappa shape index (κ2) is 6.17. The Hall–Kier alpha value is -2.37. The highest BCUT2D eigenvalue weighted by Crippen LogP contribution is 2.31. The minimum Gasteiger partial charge on any atom is -0.222 e. The van der Waals surface area contributed by atoms with E-state index in [0.717, 1.165) is 47.0 Å². The smallest absolute Gasteiger partial charge is 0.222 e. The molecule has 0 saturated heterocycles. The van der Waals surface area contributed by atoms with Crippen LogP contribution in [0.3, 0.4) is 0 Å². The van der Waals surface area contributed by atoms with Gasteiger partial charge in [-0.05, 0) is 66.2 Å². The van der Waals surface area contributed by atoms with Crippen molar-refractivity contribution in [1.29, 1.82) is 0 Å². The Balaban J connectivity index is 2.42. The van der Waals surface area contributed by atoms with Crippen LogP contribution in [0.1, 0.15) is 53.9 Å². The van der Waals surface area contributed by atoms with Crippen molar-refractivity contribution in [3.63, 3.8) is 0 Å². The summed E-state index contributed by atoms with van der Waals surface area (Å²) in [6, 6.07) is 6.34. The minimum absolute atomic E-state index is 0.621. The highest BCUT2D eigenvalue weighted by Gasteiger charge is 2.41. The number of rotatable bonds is 5. The number of hydrogen-bond acceptors (Lipinski definition) is 3. The lowest BCUT2D eigenvalue weighted by atomic mass is 10.1. The molecule has 0 bridgehead atoms. The van der Waals surface area contributed by atoms with Crippen LogP contribution in [0.4, 0.5) is 0 Å². The summed E-state index contributed by atoms with van der Waals surface area (Å²) in [7, 11) is 0. The third kappa shape index (κ3) is 2.69. The first-order valence-electron chi connectivity index (χ1n) is 8.91. The zero-order chi connectivity index (χ0) is 18.4. The quantitative estimate of drug-likeness (QED) is 0.712. The van der Waals surface area contributed by atoms with E-state index in [1.807, 2.05) is 20.8 Å². The van der Waals surface area contributed by atoms with E-state index in [-0.39, 0.29) is 0 Å². The molecule has 3 aromatic heterocycles. The average molecular weight is 340 g/mol. The molecule has 0 saturated carbocycles. The van der Waals surface area contributed by atoms with Crippen LogP contribution in [-0.2, 0) is 5.79 Å². The summed E-state index contributed by atoms with van der Waals surface area (Å²) in [4.78, 5) is 0. The van der Waals surface area contributed by atoms with E-state index >= 15 is 0 Å². The SMILES string of the molecule is CCCC(n1nc(C)cc1C)(n1nc(C)cc1C)n1nc(C)cc1C. The van der Waals surface area contributed by atoms with Crippen LogP contribution in [0.5, 0.6) is 0 Å². The molecule has 134 valence electrons. The van der Waals surface area contributed by atoms with Crippen LogP contribution in [0.15, 0.2) is 18.2 Å². The van der Waals surface area contributed by atoms with Gasteiger partial charge in [0.1, 0.15) is 0 Å². The maximum Gasteiger partial charge on any atom is 0.249 e. The summed E-state index contributed by atoms with van der Waals surface area (Å²) < 4.78 is 6.26. The van der Waals surface area contributed by atoms with Gasteiger partial charge in [-0.25, -0.2) is 14.0 Å². The summed E-state index contributed by atoms with van der Waals surface area (Å²) in [6.07, 6.45) is 1.83. The van der Waals surface area contributed by atoms with Crippen molar-refractivity contribution in [1.82, 2.24) is 29.3 Å². The fraction of sp³-hybridized carbons (Fsp3) is 0.526. The van der Waals surface area contributed by atoms with Gasteiger partial charge in [0.25, 0.3) is 0 Å². The van der Waals surface area contributed by atoms with Crippen LogP contribution in [0.25, 0.3) is 0 Å². The van der Waals surface area contributed by atoms with Crippen molar-refractivity contribution in [3.8, 4) is 0 Å². The van der Waals surface area contributed by atoms with E-state index in [0.29, 0.717) is 0 Å². The molecule has 0 aliphatic carbocycles. The molecule has 0 aliphatic heterocycles. The molecule has 6 nitrogen and oxygen atoms in total. The maximum atomic E-state index is 4.85. The van der Waals surface area contributed by atoms with Crippen molar-refractivity contribution < 1.29 is 0 Å². The van der Waals surface area contributed by atoms with Crippen molar-refractivity contribution in [2.24, 2.45) is 0 Å². The first-order valence-corrected chi connectivity index (χ1v) is 8.91. The number of hydrogen-bond donors (Lipinski definition) is 0. The van der Waals surface area contributed by atoms with Crippen molar-refractivity contribution in [3.05, 3.63) is 52.4 Å². The normalized spacial score (nSPS) is 12.1. The standard InChI is InChI=1S/C19H28N6/c1-8-9-19(23-16(5)10-13(2)20-23,24-17(6)11-14(3)21-24)25-18(7)12-15(4)22-25/h10-12H,8-9H2,1-7H3. The Kier molecular flexibility index (Phi) is 4.31. The Bertz CT molecular complexity index is 783. The summed E-state index contributed by atoms with van der Waals surface area (Å²) in [5.74, 6) is -0.621. The molecule has 0 N–H and O–H groups in total. The van der Waals surface area contributed by atoms with Gasteiger partial charge in [0.15, 0.2) is 0 Å². The Morgan fingerprint density at radius 2 is 1.00 bits per heavy atom. The van der Waals surface area contributed by atoms with Crippen molar-refractivity contribution >= 4 is 0 Å². The molecule has 3 aromatic rings. The number of nitrogens with zero attached hydrogens (tertiary/aromatic N) is 6. The highest BCUT2D eigenvalue weighted by atomic mass is 15.6. The molecular weight excluding hydrogens is 312 g/mol. The molecule has 0 radical (unpaired) electrons. The monoisotopic (exact) mass is 340 g/mol. The predicted molar refractivity (Wildman–Crippen MR) is 98.8 cm³/mol. The molecular formula is C19H28N6. The summed E-state index contributed by atoms with van der Waals surface area (Å²) in [5, 5.41) is 14.5. The fourth-order valence-corrected chi connectivity index (χ4v) is 3.90. The second-order valence-electron chi connectivity index (χ2n) is 7.04. The van der Waals surface area contributed by atoms with Gasteiger partial charge in [-0.15, -0.1) is 0 Å². The van der Waals surface area contributed by atoms with E-state index in [1.54, 1.807) is 0 Å². The van der Waals surface area contributed by atoms with Crippen molar-refractivity contribution in [2.75, 3.05) is 0 Å². The Labute approximate surface area is 149 Å². The summed E-state index contributed by atoms with van der Waals surface area (Å²) in [6.45, 7) is 14.6. The molecule has 0 atom stereocenters. The Morgan fingerprint density at radius 1 is 0.680 bits per heavy atom. The molecule has 0 fully saturated rings. The van der Waals surface area contributed by atoms with Crippen LogP contribution < -0.4 is 0 Å². The lowest BCUT2D eigenvalue weighted by Crippen LogP contribution is -2.51. The zero-order valence-corrected chi connectivity index (χ0v) is 16.3. The fourth-order valence-electron chi connectivity index (χ4n) is 3.90. The van der Waals surface area contributed by atoms with Gasteiger partial charge in [-0.2, -0.15) is 15.3 Å². The van der Waals surface area contributed by atoms with Gasteiger partial charge in [0.2, 0.25) is 5.79 Å². The molecule has 0 aromatic carbocycles. The van der Waals surface area contributed by atoms with E-state index in [2.05, 4.69) is 59.9 Å². The van der Waals surface area contributed by atoms with Crippen LogP contribution in [-0.4, -0.2) is 29.3 Å². The molecule has 0 amide bonds. The van der Waals surface area contributed by atoms with Crippen molar-refractivity contribution in [2.45, 2.75) is 67.1 Å². The first kappa shape index (κ1) is 17.5. The van der Waals surface area contributed by atoms with Gasteiger partial charge in [-0.1, -0.05) is 6.92 Å². The average Bonchev–Trinajstić information content (AvgIpc) is 3.15. The maximum absolute atomic E-state index is 4.85. The molecule has 0 aliphatic rings. The molecule has 3 heterocycles. The highest BCUT2D eigenvalue weighted by molar-refractivity contribution is 5.17. The summed E-state index contributed by atoms with van der Waals surface area (Å²) in [5.41, 5.74) is 6.31. The lowest BCUT2D eigenvalue weighted by Gasteiger charge is -2.37. The second-order valence-corrected chi connectivity index (χ2v) is 7.04. The minimum atomic E-state index is -0.621. The van der Waals surface area contributed by atoms with Gasteiger partial charge >= 0.3 is 0 Å². The largest absolute Gasteiger partial charge is 0.249 e. The Morgan fingerprint density at radius 3 is 1.20 bits per heavy atom. The predicted octanol–water partition coefficient (Wildman–Crippen LogP) is 3.63. The molecule has 0 unspecified atom stereocenters. The van der Waals surface area contributed by atoms with Gasteiger partial charge in [-0.3, -0.25) is 0 Å². The van der Waals surface area contributed by atoms with Gasteiger partial charge in [0, 0.05) is 23.5 Å². The van der Waals surface area contributed by atoms with Crippen LogP contribution in [0, 0.1) is 41.5 Å². The van der Waals surface area contributed by atoms with Gasteiger partial charge < -0.3 is 0 Å². The molecule has 3 rings (SSSR count). The third-order valence-electron chi connectivity index (χ3n) is 4.63. The van der Waals surface area contributed by atoms with Crippen LogP contribution >= 0.6 is 0 Å². The van der Waals surface area contributed by atoms with Gasteiger partial charge in [0.05, 0.1) is 17.1 Å². The topological polar surface area (TPSA) is 53.5 Å². The zero-order valence-electron chi connectivity index (χ0n) is 16.3. The lowest BCUT2D eigenvalue weighted by molar-refractivity contribution is 0.0927. The third-order valence-corrected chi connectivity index (χ3v) is 4.63. The van der Waals surface area contributed by atoms with E-state index in [9.17, 15) is 0 Å². The molecule has 6 heteroatoms. The summed E-state index contributed by atoms with van der Waals surface area (Å²) >= 11 is 0. The first-order chi connectivity index (χ1) is 11.8. The van der Waals surface area contributed by atoms with E-state index < -0.39 is 5.79 Å². The van der Waals surface area contributed by atoms with Crippen LogP contribution in [0.2, 0.25) is 0 Å². The number of aromatic nitrogens is 6.